The zero-order chi connectivity index (χ0) is 5.98. The Labute approximate surface area is 93.2 Å². The Morgan fingerprint density at radius 1 is 1.36 bits per heavy atom. The van der Waals surface area contributed by atoms with Gasteiger partial charge >= 0.3 is 0 Å². The normalized spacial score (nSPS) is 12.8. The first kappa shape index (κ1) is 17.7. The molecule has 1 aliphatic rings. The van der Waals surface area contributed by atoms with Gasteiger partial charge < -0.3 is 0 Å². The van der Waals surface area contributed by atoms with Crippen LogP contribution < -0.4 is 0 Å². The summed E-state index contributed by atoms with van der Waals surface area (Å²) in [7, 11) is 0. The first-order chi connectivity index (χ1) is 3.80. The number of allylic oxidation sites excluding steroid dienone is 4. The van der Waals surface area contributed by atoms with Crippen molar-refractivity contribution >= 4 is 24.8 Å². The minimum atomic E-state index is 0. The Morgan fingerprint density at radius 3 is 2.09 bits per heavy atom. The van der Waals surface area contributed by atoms with Crippen LogP contribution in [0.4, 0.5) is 0 Å². The first-order valence-electron chi connectivity index (χ1n) is 3.08. The zero-order valence-electron chi connectivity index (χ0n) is 6.70. The van der Waals surface area contributed by atoms with Gasteiger partial charge in [-0.15, -0.1) is 31.2 Å². The molecule has 0 amide bonds. The predicted molar refractivity (Wildman–Crippen MR) is 49.8 cm³/mol. The van der Waals surface area contributed by atoms with Gasteiger partial charge in [0.25, 0.3) is 0 Å². The molecule has 0 aromatic carbocycles. The Balaban J connectivity index is -0.000000213. The van der Waals surface area contributed by atoms with Crippen molar-refractivity contribution in [1.82, 2.24) is 0 Å². The largest absolute Gasteiger partial charge is 0.269 e. The molecule has 0 unspecified atom stereocenters. The quantitative estimate of drug-likeness (QED) is 0.608. The molecule has 0 aromatic rings. The van der Waals surface area contributed by atoms with Crippen LogP contribution in [0.3, 0.4) is 0 Å². The molecule has 0 aromatic heterocycles. The van der Waals surface area contributed by atoms with Gasteiger partial charge in [0.2, 0.25) is 0 Å². The summed E-state index contributed by atoms with van der Waals surface area (Å²) in [6.45, 7) is 4.38. The van der Waals surface area contributed by atoms with Crippen molar-refractivity contribution in [3.8, 4) is 0 Å². The summed E-state index contributed by atoms with van der Waals surface area (Å²) in [6, 6.07) is 0. The summed E-state index contributed by atoms with van der Waals surface area (Å²) in [4.78, 5) is 0. The number of halogens is 2. The molecule has 11 heavy (non-hydrogen) atoms. The molecule has 0 N–H and O–H groups in total. The van der Waals surface area contributed by atoms with Gasteiger partial charge in [0.15, 0.2) is 0 Å². The topological polar surface area (TPSA) is 0 Å². The molecule has 0 spiro atoms. The van der Waals surface area contributed by atoms with Gasteiger partial charge in [-0.1, -0.05) is 19.8 Å². The molecule has 3 heteroatoms. The van der Waals surface area contributed by atoms with E-state index in [2.05, 4.69) is 32.1 Å². The smallest absolute Gasteiger partial charge is 0 e. The molecule has 1 aliphatic carbocycles. The van der Waals surface area contributed by atoms with Crippen LogP contribution in [0, 0.1) is 12.0 Å². The Bertz CT molecular complexity index is 139. The Kier molecular flexibility index (Phi) is 14.0. The van der Waals surface area contributed by atoms with E-state index >= 15 is 0 Å². The molecule has 0 aliphatic heterocycles. The van der Waals surface area contributed by atoms with Gasteiger partial charge in [-0.05, 0) is 0 Å². The van der Waals surface area contributed by atoms with Gasteiger partial charge in [0.05, 0.1) is 0 Å². The van der Waals surface area contributed by atoms with Gasteiger partial charge in [0.1, 0.15) is 0 Å². The fraction of sp³-hybridized carbons (Fsp3) is 0.500. The van der Waals surface area contributed by atoms with Gasteiger partial charge in [-0.25, -0.2) is 11.6 Å². The van der Waals surface area contributed by atoms with Crippen molar-refractivity contribution in [2.45, 2.75) is 20.3 Å². The molecule has 65 valence electrons. The average molecular weight is 231 g/mol. The van der Waals surface area contributed by atoms with Crippen molar-refractivity contribution < 1.29 is 18.6 Å². The van der Waals surface area contributed by atoms with Crippen molar-refractivity contribution in [2.24, 2.45) is 5.92 Å². The molecule has 0 saturated carbocycles. The number of rotatable bonds is 1. The third kappa shape index (κ3) is 5.87. The molecule has 0 saturated heterocycles. The average Bonchev–Trinajstić information content (AvgIpc) is 2.12. The molecule has 0 heterocycles. The maximum atomic E-state index is 3.26. The van der Waals surface area contributed by atoms with E-state index in [-0.39, 0.29) is 43.4 Å². The van der Waals surface area contributed by atoms with Crippen LogP contribution in [0.2, 0.25) is 0 Å². The Hall–Kier alpha value is 0.644. The van der Waals surface area contributed by atoms with E-state index < -0.39 is 0 Å². The fourth-order valence-electron chi connectivity index (χ4n) is 0.818. The van der Waals surface area contributed by atoms with Crippen molar-refractivity contribution in [1.29, 1.82) is 0 Å². The second kappa shape index (κ2) is 8.74. The van der Waals surface area contributed by atoms with E-state index in [1.165, 1.54) is 5.57 Å². The van der Waals surface area contributed by atoms with Crippen LogP contribution in [0.5, 0.6) is 0 Å². The second-order valence-corrected chi connectivity index (χ2v) is 2.39. The predicted octanol–water partition coefficient (Wildman–Crippen LogP) is 3.17. The van der Waals surface area contributed by atoms with Crippen LogP contribution in [0.25, 0.3) is 0 Å². The van der Waals surface area contributed by atoms with E-state index in [1.54, 1.807) is 0 Å². The molecule has 1 rings (SSSR count). The molecule has 0 nitrogen and oxygen atoms in total. The third-order valence-corrected chi connectivity index (χ3v) is 1.34. The molecule has 0 atom stereocenters. The summed E-state index contributed by atoms with van der Waals surface area (Å²) < 4.78 is 0. The second-order valence-electron chi connectivity index (χ2n) is 2.39. The molecule has 0 fully saturated rings. The van der Waals surface area contributed by atoms with Crippen LogP contribution in [0.15, 0.2) is 17.7 Å². The van der Waals surface area contributed by atoms with Gasteiger partial charge in [-0.3, -0.25) is 6.08 Å². The van der Waals surface area contributed by atoms with Crippen LogP contribution >= 0.6 is 24.8 Å². The van der Waals surface area contributed by atoms with Crippen LogP contribution in [0.1, 0.15) is 20.3 Å². The number of hydrogen-bond acceptors (Lipinski definition) is 0. The minimum Gasteiger partial charge on any atom is -0.269 e. The van der Waals surface area contributed by atoms with E-state index in [0.29, 0.717) is 5.92 Å². The summed E-state index contributed by atoms with van der Waals surface area (Å²) in [5, 5.41) is 0. The van der Waals surface area contributed by atoms with Crippen molar-refractivity contribution in [3.63, 3.8) is 0 Å². The SMILES string of the molecule is CC(C)C1=[C-]CC=C1.Cl.Cl.[V]. The summed E-state index contributed by atoms with van der Waals surface area (Å²) >= 11 is 0. The Morgan fingerprint density at radius 2 is 1.91 bits per heavy atom. The van der Waals surface area contributed by atoms with Crippen LogP contribution in [-0.4, -0.2) is 0 Å². The van der Waals surface area contributed by atoms with Gasteiger partial charge in [0, 0.05) is 18.6 Å². The van der Waals surface area contributed by atoms with E-state index in [0.717, 1.165) is 6.42 Å². The zero-order valence-corrected chi connectivity index (χ0v) is 9.73. The minimum absolute atomic E-state index is 0. The summed E-state index contributed by atoms with van der Waals surface area (Å²) in [5.74, 6) is 0.661. The van der Waals surface area contributed by atoms with Gasteiger partial charge in [-0.2, -0.15) is 6.08 Å². The van der Waals surface area contributed by atoms with E-state index in [1.807, 2.05) is 0 Å². The fourth-order valence-corrected chi connectivity index (χ4v) is 0.818. The van der Waals surface area contributed by atoms with E-state index in [9.17, 15) is 0 Å². The summed E-state index contributed by atoms with van der Waals surface area (Å²) in [5.41, 5.74) is 1.37. The summed E-state index contributed by atoms with van der Waals surface area (Å²) in [6.07, 6.45) is 8.59. The maximum Gasteiger partial charge on any atom is 0 e. The monoisotopic (exact) mass is 230 g/mol. The van der Waals surface area contributed by atoms with Crippen molar-refractivity contribution in [2.75, 3.05) is 0 Å². The first-order valence-corrected chi connectivity index (χ1v) is 3.08. The third-order valence-electron chi connectivity index (χ3n) is 1.34. The van der Waals surface area contributed by atoms with Crippen molar-refractivity contribution in [3.05, 3.63) is 23.8 Å². The van der Waals surface area contributed by atoms with E-state index in [4.69, 9.17) is 0 Å². The van der Waals surface area contributed by atoms with Crippen LogP contribution in [-0.2, 0) is 18.6 Å². The number of hydrogen-bond donors (Lipinski definition) is 0. The standard InChI is InChI=1S/C8H11.2ClH.V/c1-7(2)8-5-3-4-6-8;;;/h3,5,7H,4H2,1-2H3;2*1H;/q-1;;;. The molecule has 0 bridgehead atoms. The maximum absolute atomic E-state index is 3.26. The molecular formula is C8H13Cl2V-. The molecule has 1 radical (unpaired) electrons. The molecular weight excluding hydrogens is 218 g/mol.